The van der Waals surface area contributed by atoms with Gasteiger partial charge in [-0.1, -0.05) is 25.7 Å². The van der Waals surface area contributed by atoms with Crippen molar-refractivity contribution in [3.8, 4) is 0 Å². The normalized spacial score (nSPS) is 28.8. The van der Waals surface area contributed by atoms with E-state index in [2.05, 4.69) is 5.32 Å². The molecule has 1 aliphatic heterocycles. The molecule has 0 spiro atoms. The molecule has 5 nitrogen and oxygen atoms in total. The van der Waals surface area contributed by atoms with E-state index in [1.54, 1.807) is 11.8 Å². The van der Waals surface area contributed by atoms with E-state index in [0.717, 1.165) is 12.8 Å². The highest BCUT2D eigenvalue weighted by atomic mass is 16.5. The maximum Gasteiger partial charge on any atom is 0.254 e. The lowest BCUT2D eigenvalue weighted by molar-refractivity contribution is -0.162. The van der Waals surface area contributed by atoms with Crippen LogP contribution in [-0.4, -0.2) is 48.1 Å². The second-order valence-corrected chi connectivity index (χ2v) is 6.18. The average Bonchev–Trinajstić information content (AvgIpc) is 2.67. The Morgan fingerprint density at radius 3 is 2.45 bits per heavy atom. The Hall–Kier alpha value is -1.10. The van der Waals surface area contributed by atoms with E-state index < -0.39 is 5.60 Å². The van der Waals surface area contributed by atoms with E-state index in [0.29, 0.717) is 19.7 Å². The number of nitrogens with one attached hydrogen (secondary N) is 1. The van der Waals surface area contributed by atoms with Crippen LogP contribution in [0.15, 0.2) is 0 Å². The van der Waals surface area contributed by atoms with Crippen molar-refractivity contribution in [3.63, 3.8) is 0 Å². The third-order valence-corrected chi connectivity index (χ3v) is 4.39. The molecule has 1 heterocycles. The Kier molecular flexibility index (Phi) is 5.02. The number of carbonyl (C=O) groups is 2. The first-order chi connectivity index (χ1) is 9.51. The van der Waals surface area contributed by atoms with Crippen molar-refractivity contribution in [1.82, 2.24) is 10.2 Å². The van der Waals surface area contributed by atoms with Crippen molar-refractivity contribution in [2.24, 2.45) is 0 Å². The zero-order valence-electron chi connectivity index (χ0n) is 12.6. The summed E-state index contributed by atoms with van der Waals surface area (Å²) in [5.74, 6) is -0.0721. The van der Waals surface area contributed by atoms with E-state index in [9.17, 15) is 9.59 Å². The van der Waals surface area contributed by atoms with Gasteiger partial charge in [-0.05, 0) is 19.8 Å². The number of rotatable bonds is 2. The minimum atomic E-state index is -0.907. The number of amides is 2. The molecule has 0 bridgehead atoms. The lowest BCUT2D eigenvalue weighted by Crippen LogP contribution is -2.60. The van der Waals surface area contributed by atoms with Gasteiger partial charge < -0.3 is 15.0 Å². The topological polar surface area (TPSA) is 58.6 Å². The van der Waals surface area contributed by atoms with Crippen LogP contribution in [0.3, 0.4) is 0 Å². The fourth-order valence-corrected chi connectivity index (χ4v) is 3.04. The molecule has 1 saturated heterocycles. The molecule has 0 aromatic rings. The number of morpholine rings is 1. The van der Waals surface area contributed by atoms with Gasteiger partial charge >= 0.3 is 0 Å². The number of ether oxygens (including phenoxy) is 1. The Morgan fingerprint density at radius 2 is 1.85 bits per heavy atom. The van der Waals surface area contributed by atoms with Crippen LogP contribution in [-0.2, 0) is 14.3 Å². The number of hydrogen-bond acceptors (Lipinski definition) is 3. The Morgan fingerprint density at radius 1 is 1.20 bits per heavy atom. The van der Waals surface area contributed by atoms with Crippen molar-refractivity contribution in [1.29, 1.82) is 0 Å². The highest BCUT2D eigenvalue weighted by Crippen LogP contribution is 2.21. The first-order valence-electron chi connectivity index (χ1n) is 7.72. The van der Waals surface area contributed by atoms with E-state index in [1.807, 2.05) is 0 Å². The smallest absolute Gasteiger partial charge is 0.254 e. The minimum Gasteiger partial charge on any atom is -0.362 e. The molecule has 2 aliphatic rings. The summed E-state index contributed by atoms with van der Waals surface area (Å²) in [6.45, 7) is 4.67. The summed E-state index contributed by atoms with van der Waals surface area (Å²) in [7, 11) is 0. The average molecular weight is 282 g/mol. The summed E-state index contributed by atoms with van der Waals surface area (Å²) in [5.41, 5.74) is -0.907. The second kappa shape index (κ2) is 6.57. The van der Waals surface area contributed by atoms with Gasteiger partial charge in [0.15, 0.2) is 5.60 Å². The van der Waals surface area contributed by atoms with Crippen molar-refractivity contribution >= 4 is 11.8 Å². The van der Waals surface area contributed by atoms with E-state index >= 15 is 0 Å². The summed E-state index contributed by atoms with van der Waals surface area (Å²) in [6.07, 6.45) is 7.00. The standard InChI is InChI=1S/C15H26N2O3/c1-12(18)17-9-10-20-15(2,11-17)14(19)16-13-7-5-3-4-6-8-13/h13H,3-11H2,1-2H3,(H,16,19)/t15-/m0/s1. The van der Waals surface area contributed by atoms with Crippen molar-refractivity contribution in [2.45, 2.75) is 64.0 Å². The molecule has 2 amide bonds. The monoisotopic (exact) mass is 282 g/mol. The van der Waals surface area contributed by atoms with Crippen LogP contribution in [0, 0.1) is 0 Å². The van der Waals surface area contributed by atoms with Crippen LogP contribution in [0.2, 0.25) is 0 Å². The molecule has 1 N–H and O–H groups in total. The van der Waals surface area contributed by atoms with Crippen LogP contribution < -0.4 is 5.32 Å². The van der Waals surface area contributed by atoms with Crippen molar-refractivity contribution in [3.05, 3.63) is 0 Å². The molecule has 2 rings (SSSR count). The molecular formula is C15H26N2O3. The molecule has 5 heteroatoms. The Balaban J connectivity index is 1.94. The minimum absolute atomic E-state index is 0.00166. The quantitative estimate of drug-likeness (QED) is 0.780. The zero-order chi connectivity index (χ0) is 14.6. The molecule has 0 radical (unpaired) electrons. The maximum absolute atomic E-state index is 12.5. The third-order valence-electron chi connectivity index (χ3n) is 4.39. The summed E-state index contributed by atoms with van der Waals surface area (Å²) >= 11 is 0. The van der Waals surface area contributed by atoms with Gasteiger partial charge in [-0.25, -0.2) is 0 Å². The summed E-state index contributed by atoms with van der Waals surface area (Å²) in [4.78, 5) is 25.7. The van der Waals surface area contributed by atoms with E-state index in [1.165, 1.54) is 32.6 Å². The van der Waals surface area contributed by atoms with Gasteiger partial charge in [0, 0.05) is 19.5 Å². The van der Waals surface area contributed by atoms with Crippen molar-refractivity contribution in [2.75, 3.05) is 19.7 Å². The Bertz CT molecular complexity index is 364. The molecular weight excluding hydrogens is 256 g/mol. The highest BCUT2D eigenvalue weighted by Gasteiger charge is 2.40. The summed E-state index contributed by atoms with van der Waals surface area (Å²) in [5, 5.41) is 3.13. The lowest BCUT2D eigenvalue weighted by atomic mass is 10.0. The lowest BCUT2D eigenvalue weighted by Gasteiger charge is -2.39. The number of nitrogens with zero attached hydrogens (tertiary/aromatic N) is 1. The van der Waals surface area contributed by atoms with Crippen LogP contribution >= 0.6 is 0 Å². The first kappa shape index (κ1) is 15.3. The molecule has 2 fully saturated rings. The molecule has 20 heavy (non-hydrogen) atoms. The largest absolute Gasteiger partial charge is 0.362 e. The van der Waals surface area contributed by atoms with Gasteiger partial charge in [0.2, 0.25) is 5.91 Å². The van der Waals surface area contributed by atoms with Crippen LogP contribution in [0.1, 0.15) is 52.4 Å². The third kappa shape index (κ3) is 3.72. The first-order valence-corrected chi connectivity index (χ1v) is 7.72. The van der Waals surface area contributed by atoms with Crippen LogP contribution in [0.4, 0.5) is 0 Å². The van der Waals surface area contributed by atoms with Gasteiger partial charge in [0.25, 0.3) is 5.91 Å². The van der Waals surface area contributed by atoms with Crippen LogP contribution in [0.5, 0.6) is 0 Å². The van der Waals surface area contributed by atoms with Gasteiger partial charge in [-0.3, -0.25) is 9.59 Å². The second-order valence-electron chi connectivity index (χ2n) is 6.18. The van der Waals surface area contributed by atoms with Gasteiger partial charge in [0.1, 0.15) is 0 Å². The highest BCUT2D eigenvalue weighted by molar-refractivity contribution is 5.86. The molecule has 0 unspecified atom stereocenters. The number of carbonyl (C=O) groups excluding carboxylic acids is 2. The molecule has 114 valence electrons. The maximum atomic E-state index is 12.5. The van der Waals surface area contributed by atoms with E-state index in [4.69, 9.17) is 4.74 Å². The van der Waals surface area contributed by atoms with Gasteiger partial charge in [0.05, 0.1) is 13.2 Å². The number of hydrogen-bond donors (Lipinski definition) is 1. The molecule has 0 aromatic heterocycles. The Labute approximate surface area is 121 Å². The predicted molar refractivity (Wildman–Crippen MR) is 76.2 cm³/mol. The zero-order valence-corrected chi connectivity index (χ0v) is 12.6. The summed E-state index contributed by atoms with van der Waals surface area (Å²) < 4.78 is 5.67. The molecule has 0 aromatic carbocycles. The van der Waals surface area contributed by atoms with Gasteiger partial charge in [-0.15, -0.1) is 0 Å². The fourth-order valence-electron chi connectivity index (χ4n) is 3.04. The van der Waals surface area contributed by atoms with E-state index in [-0.39, 0.29) is 17.9 Å². The fraction of sp³-hybridized carbons (Fsp3) is 0.867. The molecule has 1 saturated carbocycles. The predicted octanol–water partition coefficient (Wildman–Crippen LogP) is 1.46. The van der Waals surface area contributed by atoms with Crippen LogP contribution in [0.25, 0.3) is 0 Å². The van der Waals surface area contributed by atoms with Crippen molar-refractivity contribution < 1.29 is 14.3 Å². The molecule has 1 atom stereocenters. The van der Waals surface area contributed by atoms with Gasteiger partial charge in [-0.2, -0.15) is 0 Å². The molecule has 1 aliphatic carbocycles. The summed E-state index contributed by atoms with van der Waals surface area (Å²) in [6, 6.07) is 0.262. The SMILES string of the molecule is CC(=O)N1CCO[C@](C)(C(=O)NC2CCCCCC2)C1.